The number of fused-ring (bicyclic) bond motifs is 2. The summed E-state index contributed by atoms with van der Waals surface area (Å²) in [6.07, 6.45) is 6.00. The Balaban J connectivity index is 2.01. The molecule has 2 aliphatic carbocycles. The smallest absolute Gasteiger partial charge is 0.0545 e. The van der Waals surface area contributed by atoms with E-state index in [0.717, 1.165) is 30.6 Å². The Hall–Kier alpha value is -0.300. The molecular formula is C12H20O. The highest BCUT2D eigenvalue weighted by atomic mass is 16.3. The van der Waals surface area contributed by atoms with E-state index in [1.165, 1.54) is 24.8 Å². The molecule has 0 heterocycles. The summed E-state index contributed by atoms with van der Waals surface area (Å²) in [5.74, 6) is 2.31. The Morgan fingerprint density at radius 3 is 2.08 bits per heavy atom. The van der Waals surface area contributed by atoms with Crippen LogP contribution in [-0.2, 0) is 0 Å². The largest absolute Gasteiger partial charge is 0.393 e. The van der Waals surface area contributed by atoms with Crippen molar-refractivity contribution in [2.75, 3.05) is 0 Å². The second kappa shape index (κ2) is 3.45. The van der Waals surface area contributed by atoms with Gasteiger partial charge in [0.15, 0.2) is 0 Å². The zero-order valence-electron chi connectivity index (χ0n) is 8.50. The molecule has 0 spiro atoms. The summed E-state index contributed by atoms with van der Waals surface area (Å²) in [4.78, 5) is 0. The minimum absolute atomic E-state index is 0.00479. The lowest BCUT2D eigenvalue weighted by Gasteiger charge is -2.41. The van der Waals surface area contributed by atoms with Gasteiger partial charge in [-0.2, -0.15) is 0 Å². The SMILES string of the molecule is C=C(C)C1C[C@H]2CC(O)C[C@@H](C1)C2. The van der Waals surface area contributed by atoms with E-state index < -0.39 is 0 Å². The van der Waals surface area contributed by atoms with Gasteiger partial charge in [-0.1, -0.05) is 12.2 Å². The maximum Gasteiger partial charge on any atom is 0.0545 e. The van der Waals surface area contributed by atoms with Crippen LogP contribution in [0.25, 0.3) is 0 Å². The molecule has 2 aliphatic rings. The van der Waals surface area contributed by atoms with Gasteiger partial charge >= 0.3 is 0 Å². The second-order valence-electron chi connectivity index (χ2n) is 5.11. The Labute approximate surface area is 80.8 Å². The second-order valence-corrected chi connectivity index (χ2v) is 5.11. The predicted octanol–water partition coefficient (Wildman–Crippen LogP) is 2.75. The minimum atomic E-state index is -0.00479. The molecule has 1 heteroatoms. The molecule has 4 atom stereocenters. The van der Waals surface area contributed by atoms with E-state index in [-0.39, 0.29) is 6.10 Å². The molecule has 0 aromatic heterocycles. The fraction of sp³-hybridized carbons (Fsp3) is 0.833. The van der Waals surface area contributed by atoms with Crippen LogP contribution in [0.15, 0.2) is 12.2 Å². The van der Waals surface area contributed by atoms with Crippen LogP contribution in [0, 0.1) is 17.8 Å². The van der Waals surface area contributed by atoms with Crippen LogP contribution in [0.4, 0.5) is 0 Å². The Bertz CT molecular complexity index is 191. The first kappa shape index (κ1) is 9.26. The van der Waals surface area contributed by atoms with Crippen molar-refractivity contribution in [1.29, 1.82) is 0 Å². The monoisotopic (exact) mass is 180 g/mol. The highest BCUT2D eigenvalue weighted by molar-refractivity contribution is 5.01. The summed E-state index contributed by atoms with van der Waals surface area (Å²) in [6.45, 7) is 6.22. The zero-order valence-corrected chi connectivity index (χ0v) is 8.50. The molecule has 0 radical (unpaired) electrons. The van der Waals surface area contributed by atoms with E-state index in [1.54, 1.807) is 0 Å². The van der Waals surface area contributed by atoms with Crippen LogP contribution in [0.2, 0.25) is 0 Å². The lowest BCUT2D eigenvalue weighted by Crippen LogP contribution is -2.33. The van der Waals surface area contributed by atoms with Gasteiger partial charge in [-0.05, 0) is 56.8 Å². The summed E-state index contributed by atoms with van der Waals surface area (Å²) < 4.78 is 0. The van der Waals surface area contributed by atoms with Crippen molar-refractivity contribution in [3.8, 4) is 0 Å². The maximum atomic E-state index is 9.62. The number of aliphatic hydroxyl groups is 1. The van der Waals surface area contributed by atoms with E-state index in [2.05, 4.69) is 13.5 Å². The van der Waals surface area contributed by atoms with Crippen molar-refractivity contribution in [2.45, 2.75) is 45.1 Å². The summed E-state index contributed by atoms with van der Waals surface area (Å²) in [5.41, 5.74) is 1.35. The first-order chi connectivity index (χ1) is 6.15. The van der Waals surface area contributed by atoms with Crippen LogP contribution in [0.5, 0.6) is 0 Å². The van der Waals surface area contributed by atoms with Crippen molar-refractivity contribution in [1.82, 2.24) is 0 Å². The maximum absolute atomic E-state index is 9.62. The number of hydrogen-bond acceptors (Lipinski definition) is 1. The van der Waals surface area contributed by atoms with Gasteiger partial charge in [-0.3, -0.25) is 0 Å². The third kappa shape index (κ3) is 1.96. The molecule has 0 aliphatic heterocycles. The zero-order chi connectivity index (χ0) is 9.42. The Kier molecular flexibility index (Phi) is 2.46. The van der Waals surface area contributed by atoms with Gasteiger partial charge in [0.25, 0.3) is 0 Å². The van der Waals surface area contributed by atoms with Crippen LogP contribution < -0.4 is 0 Å². The summed E-state index contributed by atoms with van der Waals surface area (Å²) in [5, 5.41) is 9.62. The molecule has 0 saturated heterocycles. The van der Waals surface area contributed by atoms with Crippen LogP contribution >= 0.6 is 0 Å². The molecule has 0 aromatic rings. The summed E-state index contributed by atoms with van der Waals surface area (Å²) in [7, 11) is 0. The van der Waals surface area contributed by atoms with Gasteiger partial charge in [0.1, 0.15) is 0 Å². The molecule has 2 rings (SSSR count). The molecule has 0 aromatic carbocycles. The molecule has 2 saturated carbocycles. The number of rotatable bonds is 1. The van der Waals surface area contributed by atoms with Gasteiger partial charge < -0.3 is 5.11 Å². The Morgan fingerprint density at radius 2 is 1.62 bits per heavy atom. The van der Waals surface area contributed by atoms with Crippen molar-refractivity contribution >= 4 is 0 Å². The lowest BCUT2D eigenvalue weighted by atomic mass is 9.66. The van der Waals surface area contributed by atoms with E-state index in [9.17, 15) is 5.11 Å². The number of allylic oxidation sites excluding steroid dienone is 1. The normalized spacial score (nSPS) is 44.5. The van der Waals surface area contributed by atoms with Crippen molar-refractivity contribution < 1.29 is 5.11 Å². The van der Waals surface area contributed by atoms with Gasteiger partial charge in [-0.25, -0.2) is 0 Å². The fourth-order valence-corrected chi connectivity index (χ4v) is 3.22. The molecule has 0 amide bonds. The van der Waals surface area contributed by atoms with E-state index in [0.29, 0.717) is 0 Å². The van der Waals surface area contributed by atoms with E-state index >= 15 is 0 Å². The number of hydrogen-bond donors (Lipinski definition) is 1. The first-order valence-electron chi connectivity index (χ1n) is 5.48. The third-order valence-corrected chi connectivity index (χ3v) is 3.81. The average molecular weight is 180 g/mol. The topological polar surface area (TPSA) is 20.2 Å². The molecule has 1 N–H and O–H groups in total. The van der Waals surface area contributed by atoms with Crippen molar-refractivity contribution in [2.24, 2.45) is 17.8 Å². The predicted molar refractivity (Wildman–Crippen MR) is 54.4 cm³/mol. The Morgan fingerprint density at radius 1 is 1.08 bits per heavy atom. The van der Waals surface area contributed by atoms with E-state index in [1.807, 2.05) is 0 Å². The van der Waals surface area contributed by atoms with Gasteiger partial charge in [-0.15, -0.1) is 0 Å². The van der Waals surface area contributed by atoms with Crippen LogP contribution in [0.1, 0.15) is 39.0 Å². The van der Waals surface area contributed by atoms with Crippen molar-refractivity contribution in [3.63, 3.8) is 0 Å². The highest BCUT2D eigenvalue weighted by Gasteiger charge is 2.35. The molecule has 13 heavy (non-hydrogen) atoms. The van der Waals surface area contributed by atoms with Gasteiger partial charge in [0, 0.05) is 0 Å². The molecule has 2 fully saturated rings. The van der Waals surface area contributed by atoms with Crippen LogP contribution in [0.3, 0.4) is 0 Å². The standard InChI is InChI=1S/C12H20O/c1-8(2)11-4-9-3-10(5-11)7-12(13)6-9/h9-13H,1,3-7H2,2H3/t9-,10+,11?,12?. The number of aliphatic hydroxyl groups excluding tert-OH is 1. The average Bonchev–Trinajstić information content (AvgIpc) is 2.01. The summed E-state index contributed by atoms with van der Waals surface area (Å²) in [6, 6.07) is 0. The minimum Gasteiger partial charge on any atom is -0.393 e. The third-order valence-electron chi connectivity index (χ3n) is 3.81. The van der Waals surface area contributed by atoms with Crippen LogP contribution in [-0.4, -0.2) is 11.2 Å². The quantitative estimate of drug-likeness (QED) is 0.615. The molecule has 74 valence electrons. The van der Waals surface area contributed by atoms with Gasteiger partial charge in [0.2, 0.25) is 0 Å². The molecule has 1 nitrogen and oxygen atoms in total. The molecular weight excluding hydrogens is 160 g/mol. The highest BCUT2D eigenvalue weighted by Crippen LogP contribution is 2.44. The summed E-state index contributed by atoms with van der Waals surface area (Å²) >= 11 is 0. The van der Waals surface area contributed by atoms with E-state index in [4.69, 9.17) is 0 Å². The fourth-order valence-electron chi connectivity index (χ4n) is 3.22. The lowest BCUT2D eigenvalue weighted by molar-refractivity contribution is 0.0329. The first-order valence-corrected chi connectivity index (χ1v) is 5.48. The van der Waals surface area contributed by atoms with Crippen molar-refractivity contribution in [3.05, 3.63) is 12.2 Å². The molecule has 2 unspecified atom stereocenters. The molecule has 2 bridgehead atoms. The van der Waals surface area contributed by atoms with Gasteiger partial charge in [0.05, 0.1) is 6.10 Å².